The lowest BCUT2D eigenvalue weighted by atomic mass is 10.2. The molecule has 3 rings (SSSR count). The van der Waals surface area contributed by atoms with Gasteiger partial charge in [0.2, 0.25) is 0 Å². The van der Waals surface area contributed by atoms with Crippen LogP contribution in [0.4, 0.5) is 26.3 Å². The molecule has 0 bridgehead atoms. The van der Waals surface area contributed by atoms with Crippen molar-refractivity contribution in [2.24, 2.45) is 0 Å². The first-order valence-corrected chi connectivity index (χ1v) is 11.0. The van der Waals surface area contributed by atoms with Gasteiger partial charge in [-0.05, 0) is 48.5 Å². The molecule has 0 heterocycles. The highest BCUT2D eigenvalue weighted by Crippen LogP contribution is 2.34. The summed E-state index contributed by atoms with van der Waals surface area (Å²) in [7, 11) is -6.51. The van der Waals surface area contributed by atoms with Crippen molar-refractivity contribution in [2.45, 2.75) is 26.4 Å². The Morgan fingerprint density at radius 3 is 1.23 bits per heavy atom. The van der Waals surface area contributed by atoms with Crippen LogP contribution in [0.25, 0.3) is 0 Å². The standard InChI is InChI=1S/C19H14F3S.CHF3O3S/c20-19(21,22)15-11-13-18(14-12-15)23(16-7-3-1-4-8-16)17-9-5-2-6-10-17;2-1(3,4)8(5,6)7/h1-14H;(H,5,6,7)/q+1;/p-1. The van der Waals surface area contributed by atoms with Gasteiger partial charge < -0.3 is 4.55 Å². The van der Waals surface area contributed by atoms with E-state index in [0.717, 1.165) is 26.8 Å². The minimum atomic E-state index is -6.09. The molecule has 0 aliphatic rings. The minimum Gasteiger partial charge on any atom is -0.741 e. The van der Waals surface area contributed by atoms with Gasteiger partial charge in [0, 0.05) is 0 Å². The van der Waals surface area contributed by atoms with Gasteiger partial charge in [-0.3, -0.25) is 0 Å². The number of rotatable bonds is 3. The van der Waals surface area contributed by atoms with E-state index in [1.54, 1.807) is 12.1 Å². The number of hydrogen-bond donors (Lipinski definition) is 0. The lowest BCUT2D eigenvalue weighted by Gasteiger charge is -2.10. The Labute approximate surface area is 177 Å². The van der Waals surface area contributed by atoms with Gasteiger partial charge in [0.1, 0.15) is 0 Å². The molecule has 0 aromatic heterocycles. The van der Waals surface area contributed by atoms with Gasteiger partial charge in [-0.2, -0.15) is 26.3 Å². The summed E-state index contributed by atoms with van der Waals surface area (Å²) in [5.74, 6) is 0. The third kappa shape index (κ3) is 7.01. The van der Waals surface area contributed by atoms with Crippen LogP contribution >= 0.6 is 0 Å². The van der Waals surface area contributed by atoms with E-state index in [1.165, 1.54) is 0 Å². The zero-order valence-corrected chi connectivity index (χ0v) is 17.0. The molecule has 31 heavy (non-hydrogen) atoms. The molecule has 0 N–H and O–H groups in total. The molecule has 0 radical (unpaired) electrons. The van der Waals surface area contributed by atoms with Crippen LogP contribution in [-0.4, -0.2) is 18.5 Å². The minimum absolute atomic E-state index is 0.417. The predicted molar refractivity (Wildman–Crippen MR) is 102 cm³/mol. The van der Waals surface area contributed by atoms with Crippen molar-refractivity contribution in [3.63, 3.8) is 0 Å². The van der Waals surface area contributed by atoms with Gasteiger partial charge >= 0.3 is 11.7 Å². The highest BCUT2D eigenvalue weighted by molar-refractivity contribution is 7.97. The van der Waals surface area contributed by atoms with Crippen LogP contribution in [0.1, 0.15) is 5.56 Å². The molecule has 166 valence electrons. The van der Waals surface area contributed by atoms with Crippen molar-refractivity contribution in [3.05, 3.63) is 90.5 Å². The molecule has 0 aliphatic carbocycles. The Morgan fingerprint density at radius 2 is 0.935 bits per heavy atom. The summed E-state index contributed by atoms with van der Waals surface area (Å²) in [4.78, 5) is 3.03. The van der Waals surface area contributed by atoms with Crippen LogP contribution < -0.4 is 0 Å². The summed E-state index contributed by atoms with van der Waals surface area (Å²) in [6, 6.07) is 25.1. The van der Waals surface area contributed by atoms with Crippen molar-refractivity contribution >= 4 is 21.0 Å². The molecule has 0 spiro atoms. The maximum atomic E-state index is 12.8. The smallest absolute Gasteiger partial charge is 0.485 e. The van der Waals surface area contributed by atoms with E-state index in [-0.39, 0.29) is 0 Å². The molecular formula is C20H14F6O3S2. The zero-order chi connectivity index (χ0) is 23.3. The predicted octanol–water partition coefficient (Wildman–Crippen LogP) is 5.85. The number of alkyl halides is 6. The fourth-order valence-corrected chi connectivity index (χ4v) is 4.38. The molecule has 3 nitrogen and oxygen atoms in total. The third-order valence-corrected chi connectivity index (χ3v) is 6.46. The molecule has 0 saturated carbocycles. The van der Waals surface area contributed by atoms with Crippen molar-refractivity contribution in [2.75, 3.05) is 0 Å². The highest BCUT2D eigenvalue weighted by Gasteiger charge is 2.37. The molecule has 0 fully saturated rings. The highest BCUT2D eigenvalue weighted by atomic mass is 32.2. The molecule has 0 unspecified atom stereocenters. The van der Waals surface area contributed by atoms with Gasteiger partial charge in [-0.15, -0.1) is 0 Å². The number of halogens is 6. The largest absolute Gasteiger partial charge is 0.741 e. The van der Waals surface area contributed by atoms with Crippen LogP contribution in [-0.2, 0) is 27.2 Å². The Morgan fingerprint density at radius 1 is 0.613 bits per heavy atom. The molecule has 0 atom stereocenters. The van der Waals surface area contributed by atoms with Gasteiger partial charge in [0.15, 0.2) is 24.8 Å². The summed E-state index contributed by atoms with van der Waals surface area (Å²) in [6.07, 6.45) is -4.31. The van der Waals surface area contributed by atoms with Crippen molar-refractivity contribution < 1.29 is 39.3 Å². The molecule has 0 aliphatic heterocycles. The first kappa shape index (κ1) is 24.8. The summed E-state index contributed by atoms with van der Waals surface area (Å²) in [5.41, 5.74) is -6.27. The maximum Gasteiger partial charge on any atom is 0.485 e. The van der Waals surface area contributed by atoms with Gasteiger partial charge in [-0.1, -0.05) is 36.4 Å². The monoisotopic (exact) mass is 480 g/mol. The molecule has 0 amide bonds. The van der Waals surface area contributed by atoms with Gasteiger partial charge in [-0.25, -0.2) is 8.42 Å². The zero-order valence-electron chi connectivity index (χ0n) is 15.4. The second kappa shape index (κ2) is 9.75. The second-order valence-corrected chi connectivity index (χ2v) is 9.25. The van der Waals surface area contributed by atoms with Crippen LogP contribution in [0.3, 0.4) is 0 Å². The quantitative estimate of drug-likeness (QED) is 0.205. The van der Waals surface area contributed by atoms with E-state index >= 15 is 0 Å². The van der Waals surface area contributed by atoms with Gasteiger partial charge in [0.25, 0.3) is 0 Å². The average molecular weight is 480 g/mol. The molecule has 11 heteroatoms. The lowest BCUT2D eigenvalue weighted by molar-refractivity contribution is -0.137. The Bertz CT molecular complexity index is 1030. The fraction of sp³-hybridized carbons (Fsp3) is 0.100. The lowest BCUT2D eigenvalue weighted by Crippen LogP contribution is -2.21. The first-order chi connectivity index (χ1) is 14.3. The van der Waals surface area contributed by atoms with Gasteiger partial charge in [0.05, 0.1) is 16.5 Å². The molecule has 3 aromatic rings. The first-order valence-electron chi connectivity index (χ1n) is 8.34. The van der Waals surface area contributed by atoms with E-state index < -0.39 is 38.3 Å². The van der Waals surface area contributed by atoms with Crippen LogP contribution in [0.2, 0.25) is 0 Å². The number of hydrogen-bond acceptors (Lipinski definition) is 3. The van der Waals surface area contributed by atoms with Crippen molar-refractivity contribution in [3.8, 4) is 0 Å². The van der Waals surface area contributed by atoms with E-state index in [1.807, 2.05) is 60.7 Å². The Kier molecular flexibility index (Phi) is 7.79. The topological polar surface area (TPSA) is 57.2 Å². The van der Waals surface area contributed by atoms with Crippen molar-refractivity contribution in [1.82, 2.24) is 0 Å². The van der Waals surface area contributed by atoms with Crippen LogP contribution in [0.5, 0.6) is 0 Å². The Hall–Kier alpha value is -2.50. The summed E-state index contributed by atoms with van der Waals surface area (Å²) < 4.78 is 97.2. The van der Waals surface area contributed by atoms with Crippen LogP contribution in [0.15, 0.2) is 99.6 Å². The average Bonchev–Trinajstić information content (AvgIpc) is 2.69. The molecular weight excluding hydrogens is 466 g/mol. The summed E-state index contributed by atoms with van der Waals surface area (Å²) >= 11 is 0. The number of benzene rings is 3. The van der Waals surface area contributed by atoms with Crippen LogP contribution in [0, 0.1) is 0 Å². The molecule has 0 saturated heterocycles. The van der Waals surface area contributed by atoms with Crippen molar-refractivity contribution in [1.29, 1.82) is 0 Å². The second-order valence-electron chi connectivity index (χ2n) is 5.85. The van der Waals surface area contributed by atoms with E-state index in [2.05, 4.69) is 0 Å². The molecule has 3 aromatic carbocycles. The third-order valence-electron chi connectivity index (χ3n) is 3.66. The maximum absolute atomic E-state index is 12.8. The Balaban J connectivity index is 0.000000366. The SMILES string of the molecule is FC(F)(F)c1ccc([S+](c2ccccc2)c2ccccc2)cc1.O=S(=O)([O-])C(F)(F)F. The normalized spacial score (nSPS) is 12.3. The fourth-order valence-electron chi connectivity index (χ4n) is 2.30. The van der Waals surface area contributed by atoms with E-state index in [0.29, 0.717) is 0 Å². The summed E-state index contributed by atoms with van der Waals surface area (Å²) in [5, 5.41) is 0. The summed E-state index contributed by atoms with van der Waals surface area (Å²) in [6.45, 7) is 0. The van der Waals surface area contributed by atoms with E-state index in [4.69, 9.17) is 13.0 Å². The van der Waals surface area contributed by atoms with E-state index in [9.17, 15) is 26.3 Å².